The Bertz CT molecular complexity index is 1300. The summed E-state index contributed by atoms with van der Waals surface area (Å²) in [5.41, 5.74) is 6.73. The molecule has 0 aliphatic rings. The van der Waals surface area contributed by atoms with Crippen molar-refractivity contribution in [3.8, 4) is 5.75 Å². The van der Waals surface area contributed by atoms with Gasteiger partial charge in [0.05, 0.1) is 6.42 Å². The first-order valence-corrected chi connectivity index (χ1v) is 13.1. The molecule has 37 heavy (non-hydrogen) atoms. The fourth-order valence-electron chi connectivity index (χ4n) is 3.52. The van der Waals surface area contributed by atoms with E-state index in [-0.39, 0.29) is 23.7 Å². The third-order valence-corrected chi connectivity index (χ3v) is 6.53. The minimum atomic E-state index is -4.09. The molecule has 0 saturated carbocycles. The lowest BCUT2D eigenvalue weighted by Gasteiger charge is -2.27. The Balaban J connectivity index is 1.84. The highest BCUT2D eigenvalue weighted by Crippen LogP contribution is 2.29. The predicted molar refractivity (Wildman–Crippen MR) is 138 cm³/mol. The first-order chi connectivity index (χ1) is 17.4. The van der Waals surface area contributed by atoms with Gasteiger partial charge in [-0.1, -0.05) is 60.7 Å². The molecule has 196 valence electrons. The largest absolute Gasteiger partial charge is 0.461 e. The maximum atomic E-state index is 12.8. The molecule has 2 N–H and O–H groups in total. The normalized spacial score (nSPS) is 13.3. The van der Waals surface area contributed by atoms with Crippen molar-refractivity contribution >= 4 is 22.1 Å². The van der Waals surface area contributed by atoms with Gasteiger partial charge < -0.3 is 19.4 Å². The van der Waals surface area contributed by atoms with E-state index in [1.807, 2.05) is 30.3 Å². The van der Waals surface area contributed by atoms with E-state index in [0.717, 1.165) is 5.56 Å². The van der Waals surface area contributed by atoms with Crippen LogP contribution in [0.4, 0.5) is 0 Å². The third-order valence-electron chi connectivity index (χ3n) is 5.27. The van der Waals surface area contributed by atoms with Crippen molar-refractivity contribution in [2.24, 2.45) is 5.73 Å². The SMILES string of the molecule is CC(C)(C)OC(=O)C(N)C(CC(=O)OCc1ccccc1)c1cccc(OS(=O)(=O)c2ccccc2)c1. The molecule has 8 nitrogen and oxygen atoms in total. The van der Waals surface area contributed by atoms with E-state index in [2.05, 4.69) is 0 Å². The average Bonchev–Trinajstić information content (AvgIpc) is 2.85. The Hall–Kier alpha value is -3.69. The Morgan fingerprint density at radius 1 is 0.892 bits per heavy atom. The maximum absolute atomic E-state index is 12.8. The van der Waals surface area contributed by atoms with Crippen molar-refractivity contribution in [1.29, 1.82) is 0 Å². The molecule has 0 amide bonds. The van der Waals surface area contributed by atoms with Crippen molar-refractivity contribution in [3.63, 3.8) is 0 Å². The number of hydrogen-bond acceptors (Lipinski definition) is 8. The van der Waals surface area contributed by atoms with E-state index >= 15 is 0 Å². The lowest BCUT2D eigenvalue weighted by molar-refractivity contribution is -0.157. The topological polar surface area (TPSA) is 122 Å². The van der Waals surface area contributed by atoms with Crippen LogP contribution in [-0.4, -0.2) is 32.0 Å². The van der Waals surface area contributed by atoms with Crippen LogP contribution in [0, 0.1) is 0 Å². The average molecular weight is 526 g/mol. The summed E-state index contributed by atoms with van der Waals surface area (Å²) < 4.78 is 41.5. The summed E-state index contributed by atoms with van der Waals surface area (Å²) in [4.78, 5) is 25.6. The molecule has 3 aromatic rings. The van der Waals surface area contributed by atoms with Gasteiger partial charge in [0.25, 0.3) is 0 Å². The summed E-state index contributed by atoms with van der Waals surface area (Å²) in [6.07, 6.45) is -0.234. The van der Waals surface area contributed by atoms with Gasteiger partial charge in [-0.3, -0.25) is 9.59 Å². The minimum Gasteiger partial charge on any atom is -0.461 e. The van der Waals surface area contributed by atoms with Crippen molar-refractivity contribution in [2.45, 2.75) is 56.3 Å². The standard InChI is InChI=1S/C28H31NO7S/c1-28(2,3)35-27(31)26(29)24(18-25(30)34-19-20-11-6-4-7-12-20)21-13-10-14-22(17-21)36-37(32,33)23-15-8-5-9-16-23/h4-17,24,26H,18-19,29H2,1-3H3. The van der Waals surface area contributed by atoms with Crippen molar-refractivity contribution in [3.05, 3.63) is 96.1 Å². The molecule has 0 saturated heterocycles. The van der Waals surface area contributed by atoms with Crippen LogP contribution in [0.15, 0.2) is 89.8 Å². The molecule has 9 heteroatoms. The van der Waals surface area contributed by atoms with Gasteiger partial charge in [0.2, 0.25) is 0 Å². The van der Waals surface area contributed by atoms with Gasteiger partial charge in [-0.15, -0.1) is 0 Å². The van der Waals surface area contributed by atoms with E-state index in [0.29, 0.717) is 5.56 Å². The monoisotopic (exact) mass is 525 g/mol. The highest BCUT2D eigenvalue weighted by atomic mass is 32.2. The van der Waals surface area contributed by atoms with Gasteiger partial charge in [0.15, 0.2) is 0 Å². The van der Waals surface area contributed by atoms with Crippen molar-refractivity contribution < 1.29 is 31.7 Å². The van der Waals surface area contributed by atoms with E-state index in [1.165, 1.54) is 24.3 Å². The van der Waals surface area contributed by atoms with Gasteiger partial charge in [-0.2, -0.15) is 8.42 Å². The second-order valence-electron chi connectivity index (χ2n) is 9.44. The summed E-state index contributed by atoms with van der Waals surface area (Å²) in [7, 11) is -4.09. The van der Waals surface area contributed by atoms with Gasteiger partial charge in [0, 0.05) is 5.92 Å². The van der Waals surface area contributed by atoms with E-state index < -0.39 is 39.6 Å². The molecular formula is C28H31NO7S. The highest BCUT2D eigenvalue weighted by Gasteiger charge is 2.33. The fraction of sp³-hybridized carbons (Fsp3) is 0.286. The predicted octanol–water partition coefficient (Wildman–Crippen LogP) is 4.34. The van der Waals surface area contributed by atoms with Crippen LogP contribution in [0.2, 0.25) is 0 Å². The molecule has 0 aliphatic heterocycles. The first-order valence-electron chi connectivity index (χ1n) is 11.7. The molecule has 2 atom stereocenters. The van der Waals surface area contributed by atoms with Crippen LogP contribution < -0.4 is 9.92 Å². The first kappa shape index (κ1) is 27.9. The quantitative estimate of drug-likeness (QED) is 0.306. The van der Waals surface area contributed by atoms with Gasteiger partial charge >= 0.3 is 22.1 Å². The summed E-state index contributed by atoms with van der Waals surface area (Å²) in [6, 6.07) is 21.8. The van der Waals surface area contributed by atoms with Crippen LogP contribution in [0.5, 0.6) is 5.75 Å². The smallest absolute Gasteiger partial charge is 0.339 e. The van der Waals surface area contributed by atoms with Crippen LogP contribution in [-0.2, 0) is 35.8 Å². The molecule has 0 fully saturated rings. The Labute approximate surface area is 217 Å². The number of benzene rings is 3. The second-order valence-corrected chi connectivity index (χ2v) is 11.0. The van der Waals surface area contributed by atoms with Crippen molar-refractivity contribution in [1.82, 2.24) is 0 Å². The number of esters is 2. The molecule has 0 aliphatic carbocycles. The zero-order valence-electron chi connectivity index (χ0n) is 21.0. The van der Waals surface area contributed by atoms with Crippen LogP contribution in [0.25, 0.3) is 0 Å². The second kappa shape index (κ2) is 12.0. The lowest BCUT2D eigenvalue weighted by atomic mass is 9.88. The summed E-state index contributed by atoms with van der Waals surface area (Å²) >= 11 is 0. The van der Waals surface area contributed by atoms with Crippen LogP contribution >= 0.6 is 0 Å². The highest BCUT2D eigenvalue weighted by molar-refractivity contribution is 7.87. The zero-order chi connectivity index (χ0) is 27.1. The third kappa shape index (κ3) is 8.44. The van der Waals surface area contributed by atoms with Crippen LogP contribution in [0.1, 0.15) is 44.2 Å². The lowest BCUT2D eigenvalue weighted by Crippen LogP contribution is -2.42. The molecule has 0 radical (unpaired) electrons. The number of nitrogens with two attached hydrogens (primary N) is 1. The molecule has 3 rings (SSSR count). The fourth-order valence-corrected chi connectivity index (χ4v) is 4.47. The van der Waals surface area contributed by atoms with Crippen molar-refractivity contribution in [2.75, 3.05) is 0 Å². The number of carbonyl (C=O) groups is 2. The Kier molecular flexibility index (Phi) is 9.07. The molecule has 0 heterocycles. The molecule has 0 bridgehead atoms. The number of hydrogen-bond donors (Lipinski definition) is 1. The van der Waals surface area contributed by atoms with E-state index in [4.69, 9.17) is 19.4 Å². The molecule has 0 aromatic heterocycles. The number of ether oxygens (including phenoxy) is 2. The number of rotatable bonds is 10. The van der Waals surface area contributed by atoms with Gasteiger partial charge in [0.1, 0.15) is 28.9 Å². The summed E-state index contributed by atoms with van der Waals surface area (Å²) in [5.74, 6) is -2.12. The molecule has 2 unspecified atom stereocenters. The summed E-state index contributed by atoms with van der Waals surface area (Å²) in [6.45, 7) is 5.20. The molecular weight excluding hydrogens is 494 g/mol. The molecule has 3 aromatic carbocycles. The summed E-state index contributed by atoms with van der Waals surface area (Å²) in [5, 5.41) is 0. The Morgan fingerprint density at radius 2 is 1.51 bits per heavy atom. The van der Waals surface area contributed by atoms with E-state index in [9.17, 15) is 18.0 Å². The zero-order valence-corrected chi connectivity index (χ0v) is 21.8. The van der Waals surface area contributed by atoms with Crippen LogP contribution in [0.3, 0.4) is 0 Å². The van der Waals surface area contributed by atoms with Gasteiger partial charge in [-0.05, 0) is 56.2 Å². The Morgan fingerprint density at radius 3 is 2.14 bits per heavy atom. The van der Waals surface area contributed by atoms with Gasteiger partial charge in [-0.25, -0.2) is 0 Å². The minimum absolute atomic E-state index is 0.00750. The number of carbonyl (C=O) groups excluding carboxylic acids is 2. The van der Waals surface area contributed by atoms with E-state index in [1.54, 1.807) is 51.1 Å². The molecule has 0 spiro atoms. The maximum Gasteiger partial charge on any atom is 0.339 e.